The summed E-state index contributed by atoms with van der Waals surface area (Å²) in [5.74, 6) is -0.781. The molecular weight excluding hydrogens is 399 g/mol. The van der Waals surface area contributed by atoms with Crippen molar-refractivity contribution in [1.82, 2.24) is 20.3 Å². The van der Waals surface area contributed by atoms with Gasteiger partial charge in [0.05, 0.1) is 16.9 Å². The largest absolute Gasteiger partial charge is 0.346 e. The lowest BCUT2D eigenvalue weighted by molar-refractivity contribution is 0.0945. The van der Waals surface area contributed by atoms with Crippen LogP contribution in [0.2, 0.25) is 5.02 Å². The standard InChI is InChI=1S/C16H11BrClFN4O/c17-12-6-5-11(19)7-10(12)8-20-16(24)14-9-23(22-21-14)15-4-2-1-3-13(15)18/h1-7,9H,8H2,(H,20,24). The minimum absolute atomic E-state index is 0.141. The maximum absolute atomic E-state index is 13.3. The highest BCUT2D eigenvalue weighted by molar-refractivity contribution is 9.10. The first-order valence-corrected chi connectivity index (χ1v) is 8.11. The van der Waals surface area contributed by atoms with Crippen molar-refractivity contribution in [2.45, 2.75) is 6.54 Å². The number of benzene rings is 2. The molecule has 1 N–H and O–H groups in total. The Morgan fingerprint density at radius 1 is 1.29 bits per heavy atom. The van der Waals surface area contributed by atoms with Crippen molar-refractivity contribution in [3.63, 3.8) is 0 Å². The molecule has 0 fully saturated rings. The Balaban J connectivity index is 1.72. The minimum atomic E-state index is -0.413. The summed E-state index contributed by atoms with van der Waals surface area (Å²) in [5, 5.41) is 10.9. The summed E-state index contributed by atoms with van der Waals surface area (Å²) >= 11 is 9.41. The van der Waals surface area contributed by atoms with Crippen LogP contribution in [-0.4, -0.2) is 20.9 Å². The quantitative estimate of drug-likeness (QED) is 0.714. The van der Waals surface area contributed by atoms with E-state index >= 15 is 0 Å². The average molecular weight is 410 g/mol. The topological polar surface area (TPSA) is 59.8 Å². The zero-order valence-corrected chi connectivity index (χ0v) is 14.6. The molecule has 0 spiro atoms. The van der Waals surface area contributed by atoms with Gasteiger partial charge >= 0.3 is 0 Å². The van der Waals surface area contributed by atoms with Gasteiger partial charge < -0.3 is 5.32 Å². The van der Waals surface area contributed by atoms with E-state index in [-0.39, 0.29) is 18.1 Å². The molecule has 0 atom stereocenters. The summed E-state index contributed by atoms with van der Waals surface area (Å²) < 4.78 is 15.4. The second-order valence-corrected chi connectivity index (χ2v) is 6.18. The molecule has 0 saturated carbocycles. The number of aromatic nitrogens is 3. The Morgan fingerprint density at radius 2 is 2.08 bits per heavy atom. The molecule has 1 aromatic heterocycles. The van der Waals surface area contributed by atoms with Crippen LogP contribution >= 0.6 is 27.5 Å². The van der Waals surface area contributed by atoms with Gasteiger partial charge in [-0.25, -0.2) is 9.07 Å². The van der Waals surface area contributed by atoms with Gasteiger partial charge in [-0.2, -0.15) is 0 Å². The van der Waals surface area contributed by atoms with Crippen molar-refractivity contribution in [3.05, 3.63) is 75.2 Å². The number of amides is 1. The number of hydrogen-bond donors (Lipinski definition) is 1. The van der Waals surface area contributed by atoms with Gasteiger partial charge in [-0.1, -0.05) is 44.9 Å². The number of nitrogens with zero attached hydrogens (tertiary/aromatic N) is 3. The molecule has 0 aliphatic rings. The molecule has 0 aliphatic carbocycles. The van der Waals surface area contributed by atoms with E-state index in [1.807, 2.05) is 6.07 Å². The smallest absolute Gasteiger partial charge is 0.273 e. The van der Waals surface area contributed by atoms with Gasteiger partial charge in [0.25, 0.3) is 5.91 Å². The van der Waals surface area contributed by atoms with Crippen LogP contribution < -0.4 is 5.32 Å². The van der Waals surface area contributed by atoms with Crippen molar-refractivity contribution in [2.24, 2.45) is 0 Å². The van der Waals surface area contributed by atoms with Gasteiger partial charge in [0.1, 0.15) is 5.82 Å². The van der Waals surface area contributed by atoms with Crippen LogP contribution in [-0.2, 0) is 6.54 Å². The lowest BCUT2D eigenvalue weighted by Gasteiger charge is -2.06. The molecule has 24 heavy (non-hydrogen) atoms. The summed E-state index contributed by atoms with van der Waals surface area (Å²) in [6.07, 6.45) is 1.48. The van der Waals surface area contributed by atoms with Crippen LogP contribution in [0.3, 0.4) is 0 Å². The van der Waals surface area contributed by atoms with E-state index < -0.39 is 5.91 Å². The maximum atomic E-state index is 13.3. The van der Waals surface area contributed by atoms with E-state index in [1.165, 1.54) is 23.0 Å². The van der Waals surface area contributed by atoms with Crippen LogP contribution in [0, 0.1) is 5.82 Å². The van der Waals surface area contributed by atoms with E-state index in [0.29, 0.717) is 20.7 Å². The highest BCUT2D eigenvalue weighted by Crippen LogP contribution is 2.19. The first kappa shape index (κ1) is 16.6. The molecule has 3 aromatic rings. The van der Waals surface area contributed by atoms with Crippen molar-refractivity contribution in [2.75, 3.05) is 0 Å². The SMILES string of the molecule is O=C(NCc1cc(F)ccc1Br)c1cn(-c2ccccc2Cl)nn1. The Morgan fingerprint density at radius 3 is 2.88 bits per heavy atom. The fourth-order valence-corrected chi connectivity index (χ4v) is 2.68. The van der Waals surface area contributed by atoms with Crippen LogP contribution in [0.25, 0.3) is 5.69 Å². The molecule has 0 unspecified atom stereocenters. The average Bonchev–Trinajstić information content (AvgIpc) is 3.05. The Labute approximate surface area is 150 Å². The summed E-state index contributed by atoms with van der Waals surface area (Å²) in [5.41, 5.74) is 1.39. The molecule has 2 aromatic carbocycles. The Kier molecular flexibility index (Phi) is 4.92. The molecular formula is C16H11BrClFN4O. The molecule has 0 aliphatic heterocycles. The van der Waals surface area contributed by atoms with Crippen molar-refractivity contribution in [3.8, 4) is 5.69 Å². The number of hydrogen-bond acceptors (Lipinski definition) is 3. The lowest BCUT2D eigenvalue weighted by atomic mass is 10.2. The van der Waals surface area contributed by atoms with Crippen molar-refractivity contribution >= 4 is 33.4 Å². The number of nitrogens with one attached hydrogen (secondary N) is 1. The third-order valence-corrected chi connectivity index (χ3v) is 4.37. The van der Waals surface area contributed by atoms with Crippen LogP contribution in [0.15, 0.2) is 53.1 Å². The predicted molar refractivity (Wildman–Crippen MR) is 91.6 cm³/mol. The highest BCUT2D eigenvalue weighted by atomic mass is 79.9. The molecule has 1 amide bonds. The molecule has 8 heteroatoms. The fraction of sp³-hybridized carbons (Fsp3) is 0.0625. The summed E-state index contributed by atoms with van der Waals surface area (Å²) in [4.78, 5) is 12.2. The Bertz CT molecular complexity index is 899. The van der Waals surface area contributed by atoms with E-state index in [2.05, 4.69) is 31.6 Å². The van der Waals surface area contributed by atoms with Gasteiger partial charge in [-0.3, -0.25) is 4.79 Å². The van der Waals surface area contributed by atoms with Gasteiger partial charge in [-0.15, -0.1) is 5.10 Å². The van der Waals surface area contributed by atoms with Gasteiger partial charge in [0, 0.05) is 11.0 Å². The highest BCUT2D eigenvalue weighted by Gasteiger charge is 2.13. The fourth-order valence-electron chi connectivity index (χ4n) is 2.07. The van der Waals surface area contributed by atoms with E-state index in [0.717, 1.165) is 0 Å². The number of carbonyl (C=O) groups excluding carboxylic acids is 1. The minimum Gasteiger partial charge on any atom is -0.346 e. The van der Waals surface area contributed by atoms with E-state index in [4.69, 9.17) is 11.6 Å². The van der Waals surface area contributed by atoms with Gasteiger partial charge in [-0.05, 0) is 35.9 Å². The Hall–Kier alpha value is -2.25. The third-order valence-electron chi connectivity index (χ3n) is 3.27. The molecule has 0 saturated heterocycles. The number of halogens is 3. The predicted octanol–water partition coefficient (Wildman–Crippen LogP) is 3.75. The molecule has 1 heterocycles. The molecule has 0 radical (unpaired) electrons. The van der Waals surface area contributed by atoms with E-state index in [1.54, 1.807) is 24.3 Å². The molecule has 3 rings (SSSR count). The summed E-state index contributed by atoms with van der Waals surface area (Å²) in [6.45, 7) is 0.163. The van der Waals surface area contributed by atoms with Crippen molar-refractivity contribution < 1.29 is 9.18 Å². The number of para-hydroxylation sites is 1. The van der Waals surface area contributed by atoms with Crippen LogP contribution in [0.5, 0.6) is 0 Å². The number of carbonyl (C=O) groups is 1. The second-order valence-electron chi connectivity index (χ2n) is 4.92. The zero-order chi connectivity index (χ0) is 17.1. The second kappa shape index (κ2) is 7.11. The maximum Gasteiger partial charge on any atom is 0.273 e. The van der Waals surface area contributed by atoms with Crippen molar-refractivity contribution in [1.29, 1.82) is 0 Å². The summed E-state index contributed by atoms with van der Waals surface area (Å²) in [6, 6.07) is 11.4. The molecule has 5 nitrogen and oxygen atoms in total. The van der Waals surface area contributed by atoms with Crippen LogP contribution in [0.4, 0.5) is 4.39 Å². The van der Waals surface area contributed by atoms with Crippen LogP contribution in [0.1, 0.15) is 16.1 Å². The summed E-state index contributed by atoms with van der Waals surface area (Å²) in [7, 11) is 0. The normalized spacial score (nSPS) is 10.6. The molecule has 0 bridgehead atoms. The third kappa shape index (κ3) is 3.63. The zero-order valence-electron chi connectivity index (χ0n) is 12.2. The van der Waals surface area contributed by atoms with Gasteiger partial charge in [0.2, 0.25) is 0 Å². The first-order chi connectivity index (χ1) is 11.5. The number of rotatable bonds is 4. The lowest BCUT2D eigenvalue weighted by Crippen LogP contribution is -2.23. The molecule has 122 valence electrons. The monoisotopic (exact) mass is 408 g/mol. The van der Waals surface area contributed by atoms with Gasteiger partial charge in [0.15, 0.2) is 5.69 Å². The first-order valence-electron chi connectivity index (χ1n) is 6.94. The van der Waals surface area contributed by atoms with E-state index in [9.17, 15) is 9.18 Å².